The molecule has 2 amide bonds. The molecule has 0 saturated carbocycles. The Bertz CT molecular complexity index is 923. The first-order chi connectivity index (χ1) is 14.1. The van der Waals surface area contributed by atoms with Gasteiger partial charge in [0.1, 0.15) is 0 Å². The van der Waals surface area contributed by atoms with Crippen LogP contribution in [0, 0.1) is 0 Å². The Morgan fingerprint density at radius 3 is 2.28 bits per heavy atom. The third kappa shape index (κ3) is 3.92. The van der Waals surface area contributed by atoms with E-state index in [1.54, 1.807) is 14.2 Å². The SMILES string of the molecule is COc1cc2c(cc1OC)CN(C(=O)c1ccc(CN3CCCC3=O)cc1)CC2. The summed E-state index contributed by atoms with van der Waals surface area (Å²) in [7, 11) is 3.25. The van der Waals surface area contributed by atoms with Crippen LogP contribution in [0.4, 0.5) is 0 Å². The molecule has 0 aliphatic carbocycles. The molecule has 2 aromatic carbocycles. The number of carbonyl (C=O) groups is 2. The van der Waals surface area contributed by atoms with Gasteiger partial charge in [-0.2, -0.15) is 0 Å². The van der Waals surface area contributed by atoms with Crippen molar-refractivity contribution < 1.29 is 19.1 Å². The van der Waals surface area contributed by atoms with Crippen molar-refractivity contribution in [1.82, 2.24) is 9.80 Å². The van der Waals surface area contributed by atoms with Crippen molar-refractivity contribution in [3.63, 3.8) is 0 Å². The predicted molar refractivity (Wildman–Crippen MR) is 109 cm³/mol. The molecule has 29 heavy (non-hydrogen) atoms. The second-order valence-corrected chi connectivity index (χ2v) is 7.57. The van der Waals surface area contributed by atoms with E-state index in [9.17, 15) is 9.59 Å². The molecule has 1 saturated heterocycles. The van der Waals surface area contributed by atoms with Crippen LogP contribution in [0.15, 0.2) is 36.4 Å². The molecule has 0 N–H and O–H groups in total. The van der Waals surface area contributed by atoms with E-state index in [4.69, 9.17) is 9.47 Å². The summed E-state index contributed by atoms with van der Waals surface area (Å²) >= 11 is 0. The van der Waals surface area contributed by atoms with Crippen LogP contribution in [-0.4, -0.2) is 48.9 Å². The van der Waals surface area contributed by atoms with Crippen LogP contribution in [0.3, 0.4) is 0 Å². The minimum Gasteiger partial charge on any atom is -0.493 e. The van der Waals surface area contributed by atoms with Crippen molar-refractivity contribution in [2.24, 2.45) is 0 Å². The molecule has 1 fully saturated rings. The summed E-state index contributed by atoms with van der Waals surface area (Å²) in [5, 5.41) is 0. The largest absolute Gasteiger partial charge is 0.493 e. The molecule has 2 heterocycles. The number of carbonyl (C=O) groups excluding carboxylic acids is 2. The lowest BCUT2D eigenvalue weighted by atomic mass is 9.98. The normalized spacial score (nSPS) is 16.0. The summed E-state index contributed by atoms with van der Waals surface area (Å²) < 4.78 is 10.8. The van der Waals surface area contributed by atoms with Crippen molar-refractivity contribution in [3.8, 4) is 11.5 Å². The van der Waals surface area contributed by atoms with E-state index in [1.807, 2.05) is 46.2 Å². The minimum absolute atomic E-state index is 0.0224. The number of benzene rings is 2. The summed E-state index contributed by atoms with van der Waals surface area (Å²) in [6, 6.07) is 11.6. The van der Waals surface area contributed by atoms with Gasteiger partial charge in [0.2, 0.25) is 5.91 Å². The fraction of sp³-hybridized carbons (Fsp3) is 0.391. The number of fused-ring (bicyclic) bond motifs is 1. The Morgan fingerprint density at radius 2 is 1.66 bits per heavy atom. The van der Waals surface area contributed by atoms with E-state index < -0.39 is 0 Å². The minimum atomic E-state index is 0.0224. The van der Waals surface area contributed by atoms with E-state index in [0.29, 0.717) is 37.4 Å². The van der Waals surface area contributed by atoms with Crippen LogP contribution in [-0.2, 0) is 24.3 Å². The molecular formula is C23H26N2O4. The molecule has 2 aliphatic rings. The maximum Gasteiger partial charge on any atom is 0.254 e. The van der Waals surface area contributed by atoms with E-state index >= 15 is 0 Å². The average molecular weight is 394 g/mol. The summed E-state index contributed by atoms with van der Waals surface area (Å²) in [5.41, 5.74) is 4.01. The number of rotatable bonds is 5. The molecule has 2 aromatic rings. The molecule has 0 atom stereocenters. The number of hydrogen-bond donors (Lipinski definition) is 0. The van der Waals surface area contributed by atoms with Gasteiger partial charge in [-0.3, -0.25) is 9.59 Å². The third-order valence-corrected chi connectivity index (χ3v) is 5.75. The fourth-order valence-corrected chi connectivity index (χ4v) is 4.08. The highest BCUT2D eigenvalue weighted by atomic mass is 16.5. The standard InChI is InChI=1S/C23H26N2O4/c1-28-20-12-18-9-11-25(15-19(18)13-21(20)29-2)23(27)17-7-5-16(6-8-17)14-24-10-3-4-22(24)26/h5-8,12-13H,3-4,9-11,14-15H2,1-2H3. The maximum atomic E-state index is 13.0. The van der Waals surface area contributed by atoms with Crippen molar-refractivity contribution in [1.29, 1.82) is 0 Å². The van der Waals surface area contributed by atoms with Gasteiger partial charge < -0.3 is 19.3 Å². The lowest BCUT2D eigenvalue weighted by Crippen LogP contribution is -2.36. The number of hydrogen-bond acceptors (Lipinski definition) is 4. The Morgan fingerprint density at radius 1 is 0.966 bits per heavy atom. The fourth-order valence-electron chi connectivity index (χ4n) is 4.08. The summed E-state index contributed by atoms with van der Waals surface area (Å²) in [6.45, 7) is 2.66. The quantitative estimate of drug-likeness (QED) is 0.782. The van der Waals surface area contributed by atoms with Gasteiger partial charge in [0, 0.05) is 38.2 Å². The van der Waals surface area contributed by atoms with Crippen molar-refractivity contribution >= 4 is 11.8 Å². The van der Waals surface area contributed by atoms with E-state index in [1.165, 1.54) is 5.56 Å². The van der Waals surface area contributed by atoms with E-state index in [0.717, 1.165) is 36.3 Å². The Kier molecular flexibility index (Phi) is 5.43. The van der Waals surface area contributed by atoms with Gasteiger partial charge >= 0.3 is 0 Å². The number of methoxy groups -OCH3 is 2. The van der Waals surface area contributed by atoms with Crippen LogP contribution in [0.5, 0.6) is 11.5 Å². The van der Waals surface area contributed by atoms with Crippen molar-refractivity contribution in [2.45, 2.75) is 32.4 Å². The number of ether oxygens (including phenoxy) is 2. The van der Waals surface area contributed by atoms with E-state index in [-0.39, 0.29) is 11.8 Å². The molecule has 0 unspecified atom stereocenters. The molecule has 152 valence electrons. The Labute approximate surface area is 171 Å². The van der Waals surface area contributed by atoms with Gasteiger partial charge in [-0.1, -0.05) is 12.1 Å². The van der Waals surface area contributed by atoms with Gasteiger partial charge in [0.25, 0.3) is 5.91 Å². The zero-order valence-corrected chi connectivity index (χ0v) is 16.9. The second kappa shape index (κ2) is 8.15. The van der Waals surface area contributed by atoms with Gasteiger partial charge in [-0.05, 0) is 53.8 Å². The highest BCUT2D eigenvalue weighted by molar-refractivity contribution is 5.94. The summed E-state index contributed by atoms with van der Waals surface area (Å²) in [5.74, 6) is 1.64. The van der Waals surface area contributed by atoms with Gasteiger partial charge in [0.05, 0.1) is 14.2 Å². The molecule has 6 heteroatoms. The Balaban J connectivity index is 1.45. The highest BCUT2D eigenvalue weighted by Crippen LogP contribution is 2.33. The summed E-state index contributed by atoms with van der Waals surface area (Å²) in [6.07, 6.45) is 2.36. The van der Waals surface area contributed by atoms with Crippen LogP contribution < -0.4 is 9.47 Å². The smallest absolute Gasteiger partial charge is 0.254 e. The number of nitrogens with zero attached hydrogens (tertiary/aromatic N) is 2. The molecule has 0 spiro atoms. The maximum absolute atomic E-state index is 13.0. The molecule has 0 aromatic heterocycles. The molecule has 6 nitrogen and oxygen atoms in total. The summed E-state index contributed by atoms with van der Waals surface area (Å²) in [4.78, 5) is 28.5. The Hall–Kier alpha value is -3.02. The lowest BCUT2D eigenvalue weighted by molar-refractivity contribution is -0.128. The number of likely N-dealkylation sites (tertiary alicyclic amines) is 1. The molecule has 4 rings (SSSR count). The topological polar surface area (TPSA) is 59.1 Å². The number of amides is 2. The van der Waals surface area contributed by atoms with Gasteiger partial charge in [-0.15, -0.1) is 0 Å². The zero-order chi connectivity index (χ0) is 20.4. The third-order valence-electron chi connectivity index (χ3n) is 5.75. The van der Waals surface area contributed by atoms with Crippen LogP contribution in [0.1, 0.15) is 39.9 Å². The first-order valence-corrected chi connectivity index (χ1v) is 9.99. The van der Waals surface area contributed by atoms with Crippen molar-refractivity contribution in [2.75, 3.05) is 27.3 Å². The first-order valence-electron chi connectivity index (χ1n) is 9.99. The molecule has 2 aliphatic heterocycles. The first kappa shape index (κ1) is 19.3. The van der Waals surface area contributed by atoms with Crippen LogP contribution in [0.25, 0.3) is 0 Å². The second-order valence-electron chi connectivity index (χ2n) is 7.57. The van der Waals surface area contributed by atoms with Gasteiger partial charge in [-0.25, -0.2) is 0 Å². The average Bonchev–Trinajstić information content (AvgIpc) is 3.16. The highest BCUT2D eigenvalue weighted by Gasteiger charge is 2.24. The monoisotopic (exact) mass is 394 g/mol. The molecule has 0 bridgehead atoms. The lowest BCUT2D eigenvalue weighted by Gasteiger charge is -2.29. The van der Waals surface area contributed by atoms with Gasteiger partial charge in [0.15, 0.2) is 11.5 Å². The molecular weight excluding hydrogens is 368 g/mol. The van der Waals surface area contributed by atoms with Crippen LogP contribution >= 0.6 is 0 Å². The molecule has 0 radical (unpaired) electrons. The van der Waals surface area contributed by atoms with Crippen LogP contribution in [0.2, 0.25) is 0 Å². The van der Waals surface area contributed by atoms with E-state index in [2.05, 4.69) is 0 Å². The zero-order valence-electron chi connectivity index (χ0n) is 16.9. The van der Waals surface area contributed by atoms with Crippen molar-refractivity contribution in [3.05, 3.63) is 58.7 Å². The predicted octanol–water partition coefficient (Wildman–Crippen LogP) is 3.02.